The molecule has 1 heterocycles. The van der Waals surface area contributed by atoms with Gasteiger partial charge in [-0.15, -0.1) is 0 Å². The van der Waals surface area contributed by atoms with Gasteiger partial charge in [-0.3, -0.25) is 9.88 Å². The van der Waals surface area contributed by atoms with Crippen molar-refractivity contribution < 1.29 is 13.2 Å². The van der Waals surface area contributed by atoms with E-state index in [0.29, 0.717) is 6.42 Å². The summed E-state index contributed by atoms with van der Waals surface area (Å²) in [6.45, 7) is 9.29. The fraction of sp³-hybridized carbons (Fsp3) is 0.667. The van der Waals surface area contributed by atoms with Crippen LogP contribution in [0.2, 0.25) is 0 Å². The maximum atomic E-state index is 13.2. The molecule has 0 saturated carbocycles. The highest BCUT2D eigenvalue weighted by Crippen LogP contribution is 2.39. The van der Waals surface area contributed by atoms with Gasteiger partial charge in [0, 0.05) is 23.5 Å². The minimum Gasteiger partial charge on any atom is -0.322 e. The van der Waals surface area contributed by atoms with Crippen molar-refractivity contribution in [3.05, 3.63) is 29.6 Å². The number of nitrogens with zero attached hydrogens (tertiary/aromatic N) is 2. The van der Waals surface area contributed by atoms with E-state index in [-0.39, 0.29) is 5.56 Å². The summed E-state index contributed by atoms with van der Waals surface area (Å²) in [5.74, 6) is 0. The molecule has 0 aliphatic rings. The van der Waals surface area contributed by atoms with Crippen molar-refractivity contribution in [2.45, 2.75) is 51.9 Å². The quantitative estimate of drug-likeness (QED) is 0.873. The van der Waals surface area contributed by atoms with Crippen LogP contribution in [0.5, 0.6) is 0 Å². The largest absolute Gasteiger partial charge is 0.416 e. The Morgan fingerprint density at radius 2 is 1.81 bits per heavy atom. The van der Waals surface area contributed by atoms with E-state index < -0.39 is 23.3 Å². The summed E-state index contributed by atoms with van der Waals surface area (Å²) in [4.78, 5) is 5.94. The molecule has 1 aromatic rings. The number of alkyl halides is 3. The third-order valence-electron chi connectivity index (χ3n) is 4.36. The molecule has 0 saturated heterocycles. The zero-order chi connectivity index (χ0) is 16.3. The van der Waals surface area contributed by atoms with Crippen LogP contribution in [0.1, 0.15) is 51.3 Å². The van der Waals surface area contributed by atoms with Gasteiger partial charge in [0.25, 0.3) is 0 Å². The standard InChI is InChI=1S/C15H24F3N3/c1-5-14(4,21(6-2)7-3)13(19)11-10-20-9-8-12(11)15(16,17)18/h8-10,13H,5-7,19H2,1-4H3. The van der Waals surface area contributed by atoms with E-state index >= 15 is 0 Å². The number of halogens is 3. The van der Waals surface area contributed by atoms with E-state index in [9.17, 15) is 13.2 Å². The van der Waals surface area contributed by atoms with Crippen LogP contribution in [0.3, 0.4) is 0 Å². The van der Waals surface area contributed by atoms with Crippen molar-refractivity contribution in [1.82, 2.24) is 9.88 Å². The summed E-state index contributed by atoms with van der Waals surface area (Å²) < 4.78 is 39.5. The molecule has 0 aliphatic heterocycles. The lowest BCUT2D eigenvalue weighted by Gasteiger charge is -2.44. The fourth-order valence-corrected chi connectivity index (χ4v) is 2.83. The Morgan fingerprint density at radius 1 is 1.24 bits per heavy atom. The number of nitrogens with two attached hydrogens (primary N) is 1. The summed E-state index contributed by atoms with van der Waals surface area (Å²) in [6, 6.07) is 0.237. The van der Waals surface area contributed by atoms with Crippen molar-refractivity contribution in [3.63, 3.8) is 0 Å². The zero-order valence-corrected chi connectivity index (χ0v) is 13.0. The highest BCUT2D eigenvalue weighted by molar-refractivity contribution is 5.31. The molecule has 0 bridgehead atoms. The smallest absolute Gasteiger partial charge is 0.322 e. The van der Waals surface area contributed by atoms with E-state index in [1.165, 1.54) is 6.20 Å². The normalized spacial score (nSPS) is 16.8. The van der Waals surface area contributed by atoms with Crippen LogP contribution in [0, 0.1) is 0 Å². The van der Waals surface area contributed by atoms with Crippen molar-refractivity contribution >= 4 is 0 Å². The molecule has 2 N–H and O–H groups in total. The topological polar surface area (TPSA) is 42.1 Å². The SMILES string of the molecule is CCN(CC)C(C)(CC)C(N)c1cnccc1C(F)(F)F. The molecule has 2 atom stereocenters. The summed E-state index contributed by atoms with van der Waals surface area (Å²) in [7, 11) is 0. The van der Waals surface area contributed by atoms with E-state index in [4.69, 9.17) is 5.73 Å². The molecule has 0 fully saturated rings. The van der Waals surface area contributed by atoms with Crippen molar-refractivity contribution in [2.75, 3.05) is 13.1 Å². The van der Waals surface area contributed by atoms with Crippen LogP contribution < -0.4 is 5.73 Å². The van der Waals surface area contributed by atoms with Crippen LogP contribution in [-0.4, -0.2) is 28.5 Å². The third-order valence-corrected chi connectivity index (χ3v) is 4.36. The van der Waals surface area contributed by atoms with Crippen LogP contribution in [0.25, 0.3) is 0 Å². The molecule has 1 rings (SSSR count). The van der Waals surface area contributed by atoms with E-state index in [1.54, 1.807) is 0 Å². The van der Waals surface area contributed by atoms with Crippen LogP contribution >= 0.6 is 0 Å². The number of hydrogen-bond donors (Lipinski definition) is 1. The molecule has 2 unspecified atom stereocenters. The Balaban J connectivity index is 3.32. The Hall–Kier alpha value is -1.14. The van der Waals surface area contributed by atoms with Gasteiger partial charge < -0.3 is 5.73 Å². The summed E-state index contributed by atoms with van der Waals surface area (Å²) in [6.07, 6.45) is -1.37. The summed E-state index contributed by atoms with van der Waals surface area (Å²) >= 11 is 0. The first kappa shape index (κ1) is 17.9. The number of aromatic nitrogens is 1. The predicted octanol–water partition coefficient (Wildman–Crippen LogP) is 3.61. The van der Waals surface area contributed by atoms with Gasteiger partial charge >= 0.3 is 6.18 Å². The Labute approximate surface area is 124 Å². The van der Waals surface area contributed by atoms with Gasteiger partial charge in [-0.2, -0.15) is 13.2 Å². The van der Waals surface area contributed by atoms with Crippen molar-refractivity contribution in [1.29, 1.82) is 0 Å². The maximum absolute atomic E-state index is 13.2. The zero-order valence-electron chi connectivity index (χ0n) is 13.0. The third kappa shape index (κ3) is 3.55. The Bertz CT molecular complexity index is 458. The molecule has 1 aromatic heterocycles. The average molecular weight is 303 g/mol. The first-order valence-electron chi connectivity index (χ1n) is 7.24. The lowest BCUT2D eigenvalue weighted by molar-refractivity contribution is -0.138. The van der Waals surface area contributed by atoms with E-state index in [2.05, 4.69) is 9.88 Å². The van der Waals surface area contributed by atoms with Gasteiger partial charge in [-0.25, -0.2) is 0 Å². The first-order valence-corrected chi connectivity index (χ1v) is 7.24. The molecule has 0 spiro atoms. The molecule has 0 aliphatic carbocycles. The molecular formula is C15H24F3N3. The summed E-state index contributed by atoms with van der Waals surface area (Å²) in [5.41, 5.74) is 5.06. The first-order chi connectivity index (χ1) is 9.72. The molecule has 120 valence electrons. The van der Waals surface area contributed by atoms with Gasteiger partial charge in [-0.1, -0.05) is 20.8 Å². The molecule has 0 radical (unpaired) electrons. The highest BCUT2D eigenvalue weighted by Gasteiger charge is 2.41. The monoisotopic (exact) mass is 303 g/mol. The number of pyridine rings is 1. The maximum Gasteiger partial charge on any atom is 0.416 e. The molecular weight excluding hydrogens is 279 g/mol. The lowest BCUT2D eigenvalue weighted by atomic mass is 9.82. The Kier molecular flexibility index (Phi) is 5.75. The van der Waals surface area contributed by atoms with Crippen LogP contribution in [-0.2, 0) is 6.18 Å². The van der Waals surface area contributed by atoms with Crippen LogP contribution in [0.4, 0.5) is 13.2 Å². The fourth-order valence-electron chi connectivity index (χ4n) is 2.83. The van der Waals surface area contributed by atoms with Gasteiger partial charge in [0.2, 0.25) is 0 Å². The van der Waals surface area contributed by atoms with Gasteiger partial charge in [-0.05, 0) is 32.5 Å². The molecule has 0 aromatic carbocycles. The summed E-state index contributed by atoms with van der Waals surface area (Å²) in [5, 5.41) is 0. The molecule has 21 heavy (non-hydrogen) atoms. The second kappa shape index (κ2) is 6.75. The average Bonchev–Trinajstić information content (AvgIpc) is 2.46. The van der Waals surface area contributed by atoms with Crippen LogP contribution in [0.15, 0.2) is 18.5 Å². The number of rotatable bonds is 6. The minimum atomic E-state index is -4.42. The lowest BCUT2D eigenvalue weighted by Crippen LogP contribution is -2.53. The van der Waals surface area contributed by atoms with Gasteiger partial charge in [0.05, 0.1) is 11.6 Å². The second-order valence-corrected chi connectivity index (χ2v) is 5.32. The van der Waals surface area contributed by atoms with Crippen molar-refractivity contribution in [2.24, 2.45) is 5.73 Å². The van der Waals surface area contributed by atoms with Gasteiger partial charge in [0.1, 0.15) is 0 Å². The highest BCUT2D eigenvalue weighted by atomic mass is 19.4. The molecule has 0 amide bonds. The van der Waals surface area contributed by atoms with Crippen molar-refractivity contribution in [3.8, 4) is 0 Å². The number of likely N-dealkylation sites (N-methyl/N-ethyl adjacent to an activating group) is 1. The predicted molar refractivity (Wildman–Crippen MR) is 77.8 cm³/mol. The van der Waals surface area contributed by atoms with E-state index in [1.807, 2.05) is 27.7 Å². The van der Waals surface area contributed by atoms with E-state index in [0.717, 1.165) is 25.4 Å². The molecule has 6 heteroatoms. The number of hydrogen-bond acceptors (Lipinski definition) is 3. The molecule has 3 nitrogen and oxygen atoms in total. The second-order valence-electron chi connectivity index (χ2n) is 5.32. The minimum absolute atomic E-state index is 0.0567. The van der Waals surface area contributed by atoms with Gasteiger partial charge in [0.15, 0.2) is 0 Å². The Morgan fingerprint density at radius 3 is 2.24 bits per heavy atom.